The minimum Gasteiger partial charge on any atom is -0.475 e. The lowest BCUT2D eigenvalue weighted by Gasteiger charge is -2.45. The van der Waals surface area contributed by atoms with Crippen molar-refractivity contribution >= 4 is 21.7 Å². The zero-order valence-corrected chi connectivity index (χ0v) is 17.6. The summed E-state index contributed by atoms with van der Waals surface area (Å²) in [6.07, 6.45) is -1.41. The van der Waals surface area contributed by atoms with Crippen LogP contribution in [-0.2, 0) is 14.8 Å². The van der Waals surface area contributed by atoms with Gasteiger partial charge in [-0.1, -0.05) is 6.92 Å². The number of carboxylic acid groups (broad SMARTS) is 1. The quantitative estimate of drug-likeness (QED) is 0.677. The maximum Gasteiger partial charge on any atom is 0.490 e. The molecule has 31 heavy (non-hydrogen) atoms. The Balaban J connectivity index is 0.000000423. The molecule has 2 fully saturated rings. The number of carboxylic acids is 1. The number of alkyl halides is 5. The lowest BCUT2D eigenvalue weighted by molar-refractivity contribution is -0.192. The molecule has 2 saturated heterocycles. The van der Waals surface area contributed by atoms with Gasteiger partial charge in [-0.15, -0.1) is 0 Å². The summed E-state index contributed by atoms with van der Waals surface area (Å²) < 4.78 is 87.2. The molecule has 2 aliphatic heterocycles. The van der Waals surface area contributed by atoms with Crippen molar-refractivity contribution in [3.8, 4) is 0 Å². The standard InChI is InChI=1S/C16H23F2N3O2S.C2HF3O2/c1-2-10-24(22,23)21-9-6-16(17,18)15(13-21)5-8-20(12-15)14-4-3-7-19-11-14;3-2(4,5)1(6)7/h3-4,7,11H,2,5-6,8-10,12-13H2,1H3;(H,6,7). The third kappa shape index (κ3) is 5.82. The van der Waals surface area contributed by atoms with E-state index in [4.69, 9.17) is 9.90 Å². The molecule has 13 heteroatoms. The van der Waals surface area contributed by atoms with Crippen molar-refractivity contribution in [3.05, 3.63) is 24.5 Å². The van der Waals surface area contributed by atoms with Crippen LogP contribution in [0, 0.1) is 5.41 Å². The van der Waals surface area contributed by atoms with Crippen LogP contribution >= 0.6 is 0 Å². The van der Waals surface area contributed by atoms with Crippen molar-refractivity contribution < 1.29 is 40.3 Å². The fourth-order valence-corrected chi connectivity index (χ4v) is 5.34. The van der Waals surface area contributed by atoms with Crippen LogP contribution in [0.4, 0.5) is 27.6 Å². The number of anilines is 1. The first-order valence-corrected chi connectivity index (χ1v) is 11.2. The van der Waals surface area contributed by atoms with Gasteiger partial charge < -0.3 is 10.0 Å². The minimum absolute atomic E-state index is 0.0149. The highest BCUT2D eigenvalue weighted by atomic mass is 32.2. The molecule has 3 heterocycles. The molecular weight excluding hydrogens is 449 g/mol. The Hall–Kier alpha value is -2.02. The number of sulfonamides is 1. The highest BCUT2D eigenvalue weighted by Gasteiger charge is 2.60. The molecule has 1 aromatic heterocycles. The number of carbonyl (C=O) groups is 1. The lowest BCUT2D eigenvalue weighted by Crippen LogP contribution is -2.58. The maximum atomic E-state index is 14.7. The highest BCUT2D eigenvalue weighted by molar-refractivity contribution is 7.89. The number of nitrogens with zero attached hydrogens (tertiary/aromatic N) is 3. The summed E-state index contributed by atoms with van der Waals surface area (Å²) in [7, 11) is -3.46. The van der Waals surface area contributed by atoms with Crippen molar-refractivity contribution in [3.63, 3.8) is 0 Å². The van der Waals surface area contributed by atoms with E-state index in [-0.39, 0.29) is 31.8 Å². The van der Waals surface area contributed by atoms with Gasteiger partial charge in [0.15, 0.2) is 0 Å². The Morgan fingerprint density at radius 1 is 1.23 bits per heavy atom. The molecule has 0 amide bonds. The van der Waals surface area contributed by atoms with Crippen LogP contribution in [-0.4, -0.2) is 72.8 Å². The van der Waals surface area contributed by atoms with E-state index in [0.717, 1.165) is 5.69 Å². The number of halogens is 5. The van der Waals surface area contributed by atoms with Gasteiger partial charge in [-0.25, -0.2) is 26.3 Å². The number of piperidine rings is 1. The van der Waals surface area contributed by atoms with Crippen molar-refractivity contribution in [2.24, 2.45) is 5.41 Å². The summed E-state index contributed by atoms with van der Waals surface area (Å²) in [5, 5.41) is 7.12. The van der Waals surface area contributed by atoms with E-state index < -0.39 is 39.9 Å². The second-order valence-electron chi connectivity index (χ2n) is 7.57. The Morgan fingerprint density at radius 3 is 2.39 bits per heavy atom. The minimum atomic E-state index is -5.08. The van der Waals surface area contributed by atoms with Crippen molar-refractivity contribution in [2.75, 3.05) is 36.8 Å². The van der Waals surface area contributed by atoms with E-state index >= 15 is 0 Å². The van der Waals surface area contributed by atoms with Crippen LogP contribution in [0.1, 0.15) is 26.2 Å². The van der Waals surface area contributed by atoms with E-state index in [9.17, 15) is 30.4 Å². The molecule has 0 saturated carbocycles. The van der Waals surface area contributed by atoms with Crippen molar-refractivity contribution in [1.82, 2.24) is 9.29 Å². The zero-order chi connectivity index (χ0) is 23.5. The Kier molecular flexibility index (Phi) is 7.51. The predicted octanol–water partition coefficient (Wildman–Crippen LogP) is 2.99. The monoisotopic (exact) mass is 473 g/mol. The van der Waals surface area contributed by atoms with Gasteiger partial charge in [-0.2, -0.15) is 13.2 Å². The first-order valence-electron chi connectivity index (χ1n) is 9.55. The molecule has 0 aliphatic carbocycles. The third-order valence-corrected chi connectivity index (χ3v) is 7.42. The Labute approximate surface area is 176 Å². The molecule has 1 unspecified atom stereocenters. The van der Waals surface area contributed by atoms with Crippen LogP contribution in [0.15, 0.2) is 24.5 Å². The molecule has 1 N–H and O–H groups in total. The average Bonchev–Trinajstić information content (AvgIpc) is 3.10. The van der Waals surface area contributed by atoms with Gasteiger partial charge in [-0.3, -0.25) is 4.98 Å². The molecule has 1 aromatic rings. The van der Waals surface area contributed by atoms with Gasteiger partial charge in [0, 0.05) is 38.8 Å². The number of pyridine rings is 1. The Morgan fingerprint density at radius 2 is 1.87 bits per heavy atom. The zero-order valence-electron chi connectivity index (χ0n) is 16.8. The molecular formula is C18H24F5N3O4S. The Bertz CT molecular complexity index is 867. The largest absolute Gasteiger partial charge is 0.490 e. The van der Waals surface area contributed by atoms with Crippen LogP contribution in [0.3, 0.4) is 0 Å². The lowest BCUT2D eigenvalue weighted by atomic mass is 9.76. The molecule has 176 valence electrons. The fraction of sp³-hybridized carbons (Fsp3) is 0.667. The van der Waals surface area contributed by atoms with Gasteiger partial charge in [0.1, 0.15) is 0 Å². The van der Waals surface area contributed by atoms with Gasteiger partial charge in [0.05, 0.1) is 23.1 Å². The molecule has 0 bridgehead atoms. The molecule has 1 atom stereocenters. The predicted molar refractivity (Wildman–Crippen MR) is 102 cm³/mol. The van der Waals surface area contributed by atoms with Gasteiger partial charge in [0.2, 0.25) is 10.0 Å². The van der Waals surface area contributed by atoms with Crippen LogP contribution in [0.25, 0.3) is 0 Å². The van der Waals surface area contributed by atoms with Gasteiger partial charge in [-0.05, 0) is 25.0 Å². The molecule has 3 rings (SSSR count). The molecule has 2 aliphatic rings. The topological polar surface area (TPSA) is 90.8 Å². The molecule has 1 spiro atoms. The first-order chi connectivity index (χ1) is 14.2. The summed E-state index contributed by atoms with van der Waals surface area (Å²) in [6, 6.07) is 3.62. The number of hydrogen-bond donors (Lipinski definition) is 1. The van der Waals surface area contributed by atoms with Crippen LogP contribution in [0.5, 0.6) is 0 Å². The SMILES string of the molecule is CCCS(=O)(=O)N1CCC(F)(F)C2(CCN(c3cccnc3)C2)C1.O=C(O)C(F)(F)F. The maximum absolute atomic E-state index is 14.7. The number of aromatic nitrogens is 1. The van der Waals surface area contributed by atoms with Gasteiger partial charge in [0.25, 0.3) is 5.92 Å². The average molecular weight is 473 g/mol. The summed E-state index contributed by atoms with van der Waals surface area (Å²) in [5.41, 5.74) is -0.513. The van der Waals surface area contributed by atoms with Crippen LogP contribution in [0.2, 0.25) is 0 Å². The van der Waals surface area contributed by atoms with Crippen molar-refractivity contribution in [2.45, 2.75) is 38.3 Å². The number of hydrogen-bond acceptors (Lipinski definition) is 5. The normalized spacial score (nSPS) is 24.0. The van der Waals surface area contributed by atoms with E-state index in [1.807, 2.05) is 11.0 Å². The van der Waals surface area contributed by atoms with E-state index in [1.165, 1.54) is 4.31 Å². The molecule has 7 nitrogen and oxygen atoms in total. The van der Waals surface area contributed by atoms with E-state index in [1.54, 1.807) is 25.4 Å². The summed E-state index contributed by atoms with van der Waals surface area (Å²) in [4.78, 5) is 14.8. The third-order valence-electron chi connectivity index (χ3n) is 5.39. The number of aliphatic carboxylic acids is 1. The van der Waals surface area contributed by atoms with E-state index in [0.29, 0.717) is 13.0 Å². The first kappa shape index (κ1) is 25.2. The number of rotatable bonds is 4. The fourth-order valence-electron chi connectivity index (χ4n) is 3.75. The smallest absolute Gasteiger partial charge is 0.475 e. The van der Waals surface area contributed by atoms with Crippen molar-refractivity contribution in [1.29, 1.82) is 0 Å². The highest BCUT2D eigenvalue weighted by Crippen LogP contribution is 2.50. The molecule has 0 aromatic carbocycles. The molecule has 0 radical (unpaired) electrons. The second kappa shape index (κ2) is 9.23. The van der Waals surface area contributed by atoms with Gasteiger partial charge >= 0.3 is 12.1 Å². The van der Waals surface area contributed by atoms with Crippen LogP contribution < -0.4 is 4.90 Å². The second-order valence-corrected chi connectivity index (χ2v) is 9.66. The summed E-state index contributed by atoms with van der Waals surface area (Å²) >= 11 is 0. The summed E-state index contributed by atoms with van der Waals surface area (Å²) in [6.45, 7) is 2.24. The van der Waals surface area contributed by atoms with E-state index in [2.05, 4.69) is 4.98 Å². The summed E-state index contributed by atoms with van der Waals surface area (Å²) in [5.74, 6) is -5.60.